The maximum Gasteiger partial charge on any atom is 0.397 e. The zero-order valence-electron chi connectivity index (χ0n) is 25.7. The van der Waals surface area contributed by atoms with Crippen LogP contribution in [0.5, 0.6) is 11.5 Å². The molecule has 47 heavy (non-hydrogen) atoms. The number of para-hydroxylation sites is 2. The van der Waals surface area contributed by atoms with Crippen molar-refractivity contribution in [3.05, 3.63) is 144 Å². The molecule has 9 aromatic rings. The summed E-state index contributed by atoms with van der Waals surface area (Å²) < 4.78 is 23.1. The Bertz CT molecular complexity index is 2920. The van der Waals surface area contributed by atoms with Gasteiger partial charge in [0, 0.05) is 23.1 Å². The van der Waals surface area contributed by atoms with Crippen molar-refractivity contribution >= 4 is 43.9 Å². The minimum absolute atomic E-state index is 0.712. The number of nitrogens with zero attached hydrogens (tertiary/aromatic N) is 4. The van der Waals surface area contributed by atoms with Crippen LogP contribution >= 0.6 is 0 Å². The van der Waals surface area contributed by atoms with Crippen molar-refractivity contribution in [1.82, 2.24) is 9.25 Å². The van der Waals surface area contributed by atoms with Crippen LogP contribution in [0.4, 0.5) is 0 Å². The highest BCUT2D eigenvalue weighted by Crippen LogP contribution is 2.55. The predicted octanol–water partition coefficient (Wildman–Crippen LogP) is 8.36. The lowest BCUT2D eigenvalue weighted by atomic mass is 9.84. The van der Waals surface area contributed by atoms with E-state index in [1.165, 1.54) is 44.5 Å². The molecule has 1 unspecified atom stereocenters. The summed E-state index contributed by atoms with van der Waals surface area (Å²) in [6.45, 7) is 4.51. The van der Waals surface area contributed by atoms with E-state index in [4.69, 9.17) is 9.15 Å². The second-order valence-electron chi connectivity index (χ2n) is 13.0. The smallest absolute Gasteiger partial charge is 0.397 e. The van der Waals surface area contributed by atoms with Crippen molar-refractivity contribution in [3.8, 4) is 34.0 Å². The lowest BCUT2D eigenvalue weighted by molar-refractivity contribution is -0.990. The molecule has 1 atom stereocenters. The van der Waals surface area contributed by atoms with Crippen molar-refractivity contribution in [1.29, 1.82) is 0 Å². The number of hydrogen-bond acceptors (Lipinski definition) is 2. The van der Waals surface area contributed by atoms with Crippen LogP contribution in [0.15, 0.2) is 126 Å². The van der Waals surface area contributed by atoms with Crippen LogP contribution in [-0.2, 0) is 5.66 Å². The Hall–Kier alpha value is -6.14. The molecule has 0 radical (unpaired) electrons. The highest BCUT2D eigenvalue weighted by molar-refractivity contribution is 6.08. The first-order chi connectivity index (χ1) is 23.2. The quantitative estimate of drug-likeness (QED) is 0.176. The van der Waals surface area contributed by atoms with Gasteiger partial charge in [0.1, 0.15) is 39.4 Å². The summed E-state index contributed by atoms with van der Waals surface area (Å²) in [5, 5.41) is 4.75. The van der Waals surface area contributed by atoms with Gasteiger partial charge in [0.15, 0.2) is 11.3 Å². The summed E-state index contributed by atoms with van der Waals surface area (Å²) in [6.07, 6.45) is 2.26. The first kappa shape index (κ1) is 24.1. The van der Waals surface area contributed by atoms with Crippen LogP contribution in [-0.4, -0.2) is 9.25 Å². The van der Waals surface area contributed by atoms with E-state index in [2.05, 4.69) is 142 Å². The van der Waals surface area contributed by atoms with Crippen molar-refractivity contribution in [2.45, 2.75) is 19.5 Å². The highest BCUT2D eigenvalue weighted by Gasteiger charge is 2.69. The topological polar surface area (TPSA) is 40.0 Å². The number of aromatic nitrogens is 4. The van der Waals surface area contributed by atoms with Crippen LogP contribution in [0.1, 0.15) is 22.5 Å². The Morgan fingerprint density at radius 3 is 2.23 bits per heavy atom. The zero-order chi connectivity index (χ0) is 30.8. The van der Waals surface area contributed by atoms with Crippen LogP contribution < -0.4 is 14.0 Å². The Kier molecular flexibility index (Phi) is 4.00. The van der Waals surface area contributed by atoms with E-state index < -0.39 is 5.66 Å². The molecular weight excluding hydrogens is 580 g/mol. The van der Waals surface area contributed by atoms with Gasteiger partial charge in [-0.05, 0) is 79.2 Å². The molecule has 5 aromatic carbocycles. The summed E-state index contributed by atoms with van der Waals surface area (Å²) in [6, 6.07) is 41.1. The standard InChI is InChI=1S/C41H26N4O2/c1-23-37(25-19-20-28-27-11-4-6-16-33(27)46-36(28)22-25)24(2)45-41-38-31(14-7-17-34(38)47-35-18-8-15-32(39(35)41)44(23)45)43-30-13-5-3-10-26(30)29-12-9-21-42(41)40(29)43/h3-22H,1-2H3/q+2. The van der Waals surface area contributed by atoms with Gasteiger partial charge in [-0.1, -0.05) is 53.2 Å². The van der Waals surface area contributed by atoms with Crippen molar-refractivity contribution in [2.75, 3.05) is 0 Å². The van der Waals surface area contributed by atoms with E-state index in [1.807, 2.05) is 12.1 Å². The van der Waals surface area contributed by atoms with Crippen molar-refractivity contribution in [3.63, 3.8) is 0 Å². The van der Waals surface area contributed by atoms with Gasteiger partial charge in [-0.15, -0.1) is 4.68 Å². The van der Waals surface area contributed by atoms with Gasteiger partial charge in [0.2, 0.25) is 5.69 Å². The number of rotatable bonds is 1. The van der Waals surface area contributed by atoms with Gasteiger partial charge in [-0.2, -0.15) is 9.13 Å². The molecule has 6 nitrogen and oxygen atoms in total. The lowest BCUT2D eigenvalue weighted by Crippen LogP contribution is -2.77. The summed E-state index contributed by atoms with van der Waals surface area (Å²) >= 11 is 0. The minimum Gasteiger partial charge on any atom is -0.456 e. The molecule has 1 spiro atoms. The molecule has 3 aliphatic heterocycles. The third kappa shape index (κ3) is 2.51. The van der Waals surface area contributed by atoms with E-state index >= 15 is 0 Å². The second-order valence-corrected chi connectivity index (χ2v) is 13.0. The van der Waals surface area contributed by atoms with Crippen LogP contribution in [0, 0.1) is 13.8 Å². The number of furan rings is 1. The molecule has 7 heterocycles. The molecule has 3 aliphatic rings. The third-order valence-electron chi connectivity index (χ3n) is 10.9. The third-order valence-corrected chi connectivity index (χ3v) is 10.9. The monoisotopic (exact) mass is 606 g/mol. The maximum absolute atomic E-state index is 6.82. The van der Waals surface area contributed by atoms with Gasteiger partial charge in [-0.3, -0.25) is 0 Å². The van der Waals surface area contributed by atoms with Gasteiger partial charge in [-0.25, -0.2) is 0 Å². The largest absolute Gasteiger partial charge is 0.456 e. The molecule has 0 saturated heterocycles. The number of benzene rings is 5. The Morgan fingerprint density at radius 1 is 0.638 bits per heavy atom. The minimum atomic E-state index is -0.712. The molecule has 6 heteroatoms. The molecule has 0 amide bonds. The second kappa shape index (κ2) is 7.80. The molecule has 0 bridgehead atoms. The van der Waals surface area contributed by atoms with Gasteiger partial charge >= 0.3 is 11.3 Å². The molecule has 0 saturated carbocycles. The molecule has 220 valence electrons. The summed E-state index contributed by atoms with van der Waals surface area (Å²) in [5.41, 5.74) is 12.8. The van der Waals surface area contributed by atoms with E-state index in [0.717, 1.165) is 55.9 Å². The van der Waals surface area contributed by atoms with Crippen LogP contribution in [0.25, 0.3) is 66.4 Å². The normalized spacial score (nSPS) is 16.6. The van der Waals surface area contributed by atoms with E-state index in [9.17, 15) is 0 Å². The SMILES string of the molecule is Cc1c(-c2ccc3c(c2)oc2ccccc23)c(C)[n+]2n1-c1cccc3c1C21c2c(cccc2-n2c4ccccc4c4ccc[n+]1c42)O3. The molecule has 0 fully saturated rings. The highest BCUT2D eigenvalue weighted by atomic mass is 16.5. The van der Waals surface area contributed by atoms with Crippen LogP contribution in [0.3, 0.4) is 0 Å². The van der Waals surface area contributed by atoms with Crippen LogP contribution in [0.2, 0.25) is 0 Å². The maximum atomic E-state index is 6.82. The number of fused-ring (bicyclic) bond motifs is 9. The summed E-state index contributed by atoms with van der Waals surface area (Å²) in [5.74, 6) is 1.77. The first-order valence-electron chi connectivity index (χ1n) is 16.1. The van der Waals surface area contributed by atoms with Crippen molar-refractivity contribution in [2.24, 2.45) is 0 Å². The number of ether oxygens (including phenoxy) is 1. The zero-order valence-corrected chi connectivity index (χ0v) is 25.7. The summed E-state index contributed by atoms with van der Waals surface area (Å²) in [7, 11) is 0. The number of pyridine rings is 1. The first-order valence-corrected chi connectivity index (χ1v) is 16.1. The fourth-order valence-electron chi connectivity index (χ4n) is 9.27. The average molecular weight is 607 g/mol. The molecule has 12 rings (SSSR count). The summed E-state index contributed by atoms with van der Waals surface area (Å²) in [4.78, 5) is 0. The van der Waals surface area contributed by atoms with Gasteiger partial charge < -0.3 is 9.15 Å². The predicted molar refractivity (Wildman–Crippen MR) is 181 cm³/mol. The molecule has 0 N–H and O–H groups in total. The Labute approximate surface area is 268 Å². The Balaban J connectivity index is 1.26. The lowest BCUT2D eigenvalue weighted by Gasteiger charge is -2.33. The van der Waals surface area contributed by atoms with E-state index in [1.54, 1.807) is 0 Å². The molecule has 4 aromatic heterocycles. The van der Waals surface area contributed by atoms with E-state index in [0.29, 0.717) is 0 Å². The molecular formula is C41H26N4O2+2. The van der Waals surface area contributed by atoms with E-state index in [-0.39, 0.29) is 0 Å². The fraction of sp³-hybridized carbons (Fsp3) is 0.0732. The van der Waals surface area contributed by atoms with Crippen molar-refractivity contribution < 1.29 is 18.4 Å². The molecule has 0 aliphatic carbocycles. The average Bonchev–Trinajstić information content (AvgIpc) is 3.81. The number of hydrogen-bond donors (Lipinski definition) is 0. The fourth-order valence-corrected chi connectivity index (χ4v) is 9.27. The van der Waals surface area contributed by atoms with Gasteiger partial charge in [0.25, 0.3) is 0 Å². The Morgan fingerprint density at radius 2 is 1.36 bits per heavy atom. The van der Waals surface area contributed by atoms with Gasteiger partial charge in [0.05, 0.1) is 22.8 Å².